The summed E-state index contributed by atoms with van der Waals surface area (Å²) >= 11 is 0. The van der Waals surface area contributed by atoms with Crippen molar-refractivity contribution in [3.05, 3.63) is 29.8 Å². The molecular formula is C28H46O3. The number of hydrogen-bond acceptors (Lipinski definition) is 3. The molecule has 0 radical (unpaired) electrons. The lowest BCUT2D eigenvalue weighted by Crippen LogP contribution is -2.29. The van der Waals surface area contributed by atoms with Crippen LogP contribution in [0.25, 0.3) is 0 Å². The number of carbonyl (C=O) groups excluding carboxylic acids is 1. The molecule has 1 aromatic rings. The maximum Gasteiger partial charge on any atom is 0.306 e. The summed E-state index contributed by atoms with van der Waals surface area (Å²) in [6.07, 6.45) is 16.3. The van der Waals surface area contributed by atoms with E-state index in [1.54, 1.807) is 0 Å². The van der Waals surface area contributed by atoms with Crippen LogP contribution in [0.2, 0.25) is 0 Å². The molecule has 1 saturated carbocycles. The Balaban J connectivity index is 1.76. The van der Waals surface area contributed by atoms with Gasteiger partial charge >= 0.3 is 5.97 Å². The van der Waals surface area contributed by atoms with Crippen LogP contribution in [-0.2, 0) is 9.53 Å². The smallest absolute Gasteiger partial charge is 0.306 e. The number of ether oxygens (including phenoxy) is 2. The quantitative estimate of drug-likeness (QED) is 0.233. The van der Waals surface area contributed by atoms with Crippen molar-refractivity contribution in [2.75, 3.05) is 0 Å². The molecule has 0 N–H and O–H groups in total. The molecule has 176 valence electrons. The van der Waals surface area contributed by atoms with E-state index >= 15 is 0 Å². The summed E-state index contributed by atoms with van der Waals surface area (Å²) < 4.78 is 12.0. The standard InChI is InChI=1S/C28H46O3/c1-5-6-7-8-9-10-11-12-13-21-27(29)30-26-20-15-14-19-25(26)23-17-16-18-24(22-23)31-28(2,3)4/h16-18,22,25-26H,5-15,19-21H2,1-4H3. The normalized spacial score (nSPS) is 19.2. The molecular weight excluding hydrogens is 384 g/mol. The van der Waals surface area contributed by atoms with Crippen LogP contribution in [0.3, 0.4) is 0 Å². The second kappa shape index (κ2) is 13.8. The molecule has 3 nitrogen and oxygen atoms in total. The molecule has 0 amide bonds. The fraction of sp³-hybridized carbons (Fsp3) is 0.750. The van der Waals surface area contributed by atoms with Crippen LogP contribution in [0, 0.1) is 0 Å². The molecule has 2 atom stereocenters. The first-order valence-electron chi connectivity index (χ1n) is 12.9. The molecule has 0 aliphatic heterocycles. The van der Waals surface area contributed by atoms with E-state index in [4.69, 9.17) is 9.47 Å². The summed E-state index contributed by atoms with van der Waals surface area (Å²) in [5.41, 5.74) is 1.02. The minimum Gasteiger partial charge on any atom is -0.488 e. The zero-order valence-corrected chi connectivity index (χ0v) is 20.6. The van der Waals surface area contributed by atoms with E-state index in [1.165, 1.54) is 56.9 Å². The van der Waals surface area contributed by atoms with Crippen molar-refractivity contribution < 1.29 is 14.3 Å². The minimum absolute atomic E-state index is 0.00435. The zero-order valence-electron chi connectivity index (χ0n) is 20.6. The highest BCUT2D eigenvalue weighted by Gasteiger charge is 2.30. The van der Waals surface area contributed by atoms with E-state index in [0.717, 1.165) is 37.9 Å². The first-order chi connectivity index (χ1) is 14.9. The van der Waals surface area contributed by atoms with E-state index in [-0.39, 0.29) is 23.6 Å². The van der Waals surface area contributed by atoms with Gasteiger partial charge in [-0.3, -0.25) is 4.79 Å². The maximum absolute atomic E-state index is 12.5. The fourth-order valence-electron chi connectivity index (χ4n) is 4.59. The highest BCUT2D eigenvalue weighted by molar-refractivity contribution is 5.69. The summed E-state index contributed by atoms with van der Waals surface area (Å²) in [7, 11) is 0. The Kier molecular flexibility index (Phi) is 11.5. The second-order valence-electron chi connectivity index (χ2n) is 10.3. The number of benzene rings is 1. The van der Waals surface area contributed by atoms with E-state index in [0.29, 0.717) is 6.42 Å². The van der Waals surface area contributed by atoms with Crippen molar-refractivity contribution in [1.82, 2.24) is 0 Å². The number of esters is 1. The van der Waals surface area contributed by atoms with E-state index in [1.807, 2.05) is 6.07 Å². The summed E-state index contributed by atoms with van der Waals surface area (Å²) in [6, 6.07) is 8.38. The van der Waals surface area contributed by atoms with Crippen LogP contribution in [0.15, 0.2) is 24.3 Å². The lowest BCUT2D eigenvalue weighted by molar-refractivity contribution is -0.151. The Morgan fingerprint density at radius 2 is 1.58 bits per heavy atom. The van der Waals surface area contributed by atoms with Gasteiger partial charge in [-0.2, -0.15) is 0 Å². The number of unbranched alkanes of at least 4 members (excludes halogenated alkanes) is 8. The van der Waals surface area contributed by atoms with E-state index < -0.39 is 0 Å². The first-order valence-corrected chi connectivity index (χ1v) is 12.9. The van der Waals surface area contributed by atoms with Crippen LogP contribution < -0.4 is 4.74 Å². The number of hydrogen-bond donors (Lipinski definition) is 0. The summed E-state index contributed by atoms with van der Waals surface area (Å²) in [6.45, 7) is 8.46. The Bertz CT molecular complexity index is 631. The molecule has 31 heavy (non-hydrogen) atoms. The SMILES string of the molecule is CCCCCCCCCCCC(=O)OC1CCCCC1c1cccc(OC(C)(C)C)c1. The van der Waals surface area contributed by atoms with Crippen LogP contribution in [-0.4, -0.2) is 17.7 Å². The Morgan fingerprint density at radius 1 is 0.935 bits per heavy atom. The Hall–Kier alpha value is -1.51. The fourth-order valence-corrected chi connectivity index (χ4v) is 4.59. The van der Waals surface area contributed by atoms with Crippen molar-refractivity contribution >= 4 is 5.97 Å². The third kappa shape index (κ3) is 10.6. The lowest BCUT2D eigenvalue weighted by Gasteiger charge is -2.32. The number of carbonyl (C=O) groups is 1. The highest BCUT2D eigenvalue weighted by atomic mass is 16.5. The van der Waals surface area contributed by atoms with Crippen molar-refractivity contribution in [3.8, 4) is 5.75 Å². The third-order valence-electron chi connectivity index (χ3n) is 6.18. The molecule has 2 rings (SSSR count). The number of rotatable bonds is 13. The van der Waals surface area contributed by atoms with Gasteiger partial charge in [-0.05, 0) is 64.2 Å². The lowest BCUT2D eigenvalue weighted by atomic mass is 9.81. The van der Waals surface area contributed by atoms with Gasteiger partial charge < -0.3 is 9.47 Å². The summed E-state index contributed by atoms with van der Waals surface area (Å²) in [5.74, 6) is 1.17. The van der Waals surface area contributed by atoms with Gasteiger partial charge in [-0.25, -0.2) is 0 Å². The van der Waals surface area contributed by atoms with Crippen molar-refractivity contribution in [2.24, 2.45) is 0 Å². The average Bonchev–Trinajstić information content (AvgIpc) is 2.72. The van der Waals surface area contributed by atoms with Gasteiger partial charge in [0, 0.05) is 12.3 Å². The molecule has 0 heterocycles. The van der Waals surface area contributed by atoms with Gasteiger partial charge in [-0.1, -0.05) is 76.8 Å². The summed E-state index contributed by atoms with van der Waals surface area (Å²) in [5, 5.41) is 0. The predicted octanol–water partition coefficient (Wildman–Crippen LogP) is 8.35. The van der Waals surface area contributed by atoms with Gasteiger partial charge in [-0.15, -0.1) is 0 Å². The first kappa shape index (κ1) is 25.7. The molecule has 1 fully saturated rings. The molecule has 1 aromatic carbocycles. The van der Waals surface area contributed by atoms with Gasteiger partial charge in [0.1, 0.15) is 17.5 Å². The van der Waals surface area contributed by atoms with Crippen molar-refractivity contribution in [2.45, 2.75) is 135 Å². The molecule has 0 bridgehead atoms. The second-order valence-corrected chi connectivity index (χ2v) is 10.3. The van der Waals surface area contributed by atoms with Gasteiger partial charge in [0.2, 0.25) is 0 Å². The van der Waals surface area contributed by atoms with Crippen LogP contribution in [0.4, 0.5) is 0 Å². The molecule has 2 unspecified atom stereocenters. The van der Waals surface area contributed by atoms with E-state index in [2.05, 4.69) is 45.9 Å². The predicted molar refractivity (Wildman–Crippen MR) is 130 cm³/mol. The minimum atomic E-state index is -0.216. The van der Waals surface area contributed by atoms with Crippen LogP contribution in [0.1, 0.15) is 129 Å². The zero-order chi connectivity index (χ0) is 22.5. The average molecular weight is 431 g/mol. The monoisotopic (exact) mass is 430 g/mol. The molecule has 0 spiro atoms. The largest absolute Gasteiger partial charge is 0.488 e. The van der Waals surface area contributed by atoms with E-state index in [9.17, 15) is 4.79 Å². The molecule has 0 saturated heterocycles. The van der Waals surface area contributed by atoms with Gasteiger partial charge in [0.05, 0.1) is 0 Å². The highest BCUT2D eigenvalue weighted by Crippen LogP contribution is 2.37. The van der Waals surface area contributed by atoms with Crippen LogP contribution in [0.5, 0.6) is 5.75 Å². The molecule has 0 aromatic heterocycles. The Labute approximate surface area is 191 Å². The maximum atomic E-state index is 12.5. The van der Waals surface area contributed by atoms with Crippen molar-refractivity contribution in [3.63, 3.8) is 0 Å². The molecule has 1 aliphatic rings. The van der Waals surface area contributed by atoms with Crippen LogP contribution >= 0.6 is 0 Å². The Morgan fingerprint density at radius 3 is 2.26 bits per heavy atom. The summed E-state index contributed by atoms with van der Waals surface area (Å²) in [4.78, 5) is 12.5. The molecule has 3 heteroatoms. The van der Waals surface area contributed by atoms with Gasteiger partial charge in [0.15, 0.2) is 0 Å². The topological polar surface area (TPSA) is 35.5 Å². The molecule has 1 aliphatic carbocycles. The van der Waals surface area contributed by atoms with Crippen molar-refractivity contribution in [1.29, 1.82) is 0 Å². The third-order valence-corrected chi connectivity index (χ3v) is 6.18. The van der Waals surface area contributed by atoms with Gasteiger partial charge in [0.25, 0.3) is 0 Å².